The van der Waals surface area contributed by atoms with Crippen molar-refractivity contribution in [3.8, 4) is 0 Å². The zero-order chi connectivity index (χ0) is 13.3. The smallest absolute Gasteiger partial charge is 0.420 e. The summed E-state index contributed by atoms with van der Waals surface area (Å²) in [5.74, 6) is -1.04. The Bertz CT molecular complexity index is 589. The molecule has 2 rings (SSSR count). The fourth-order valence-electron chi connectivity index (χ4n) is 1.65. The van der Waals surface area contributed by atoms with Crippen molar-refractivity contribution >= 4 is 17.0 Å². The van der Waals surface area contributed by atoms with E-state index in [-0.39, 0.29) is 17.6 Å². The predicted molar refractivity (Wildman–Crippen MR) is 57.1 cm³/mol. The van der Waals surface area contributed by atoms with Crippen LogP contribution in [0.25, 0.3) is 11.0 Å². The number of aromatic nitrogens is 2. The number of pyridine rings is 1. The normalized spacial score (nSPS) is 11.8. The van der Waals surface area contributed by atoms with E-state index in [0.29, 0.717) is 0 Å². The molecule has 0 saturated heterocycles. The third-order valence-electron chi connectivity index (χ3n) is 2.32. The Labute approximate surface area is 99.8 Å². The second kappa shape index (κ2) is 4.32. The van der Waals surface area contributed by atoms with E-state index in [1.54, 1.807) is 0 Å². The highest BCUT2D eigenvalue weighted by Gasteiger charge is 2.40. The molecule has 96 valence electrons. The summed E-state index contributed by atoms with van der Waals surface area (Å²) in [5, 5.41) is 0. The Morgan fingerprint density at radius 3 is 2.83 bits per heavy atom. The maximum absolute atomic E-state index is 12.9. The molecule has 2 heterocycles. The van der Waals surface area contributed by atoms with E-state index in [4.69, 9.17) is 0 Å². The van der Waals surface area contributed by atoms with Gasteiger partial charge in [-0.25, -0.2) is 4.79 Å². The molecule has 0 aliphatic rings. The van der Waals surface area contributed by atoms with Gasteiger partial charge in [-0.05, 0) is 19.1 Å². The van der Waals surface area contributed by atoms with Crippen LogP contribution in [0.2, 0.25) is 0 Å². The summed E-state index contributed by atoms with van der Waals surface area (Å²) < 4.78 is 43.4. The number of nitrogens with zero attached hydrogens (tertiary/aromatic N) is 1. The summed E-state index contributed by atoms with van der Waals surface area (Å²) in [6.45, 7) is 1.52. The first-order chi connectivity index (χ1) is 8.45. The quantitative estimate of drug-likeness (QED) is 0.842. The molecule has 7 heteroatoms. The number of hydrogen-bond acceptors (Lipinski definition) is 3. The van der Waals surface area contributed by atoms with E-state index in [9.17, 15) is 18.0 Å². The van der Waals surface area contributed by atoms with Crippen LogP contribution in [0.3, 0.4) is 0 Å². The topological polar surface area (TPSA) is 55.0 Å². The summed E-state index contributed by atoms with van der Waals surface area (Å²) in [6.07, 6.45) is -3.44. The Morgan fingerprint density at radius 2 is 2.22 bits per heavy atom. The SMILES string of the molecule is CCOC(=O)c1[nH]c2cccnc2c1C(F)(F)F. The van der Waals surface area contributed by atoms with Crippen molar-refractivity contribution in [3.05, 3.63) is 29.6 Å². The molecule has 0 aromatic carbocycles. The molecule has 2 aromatic rings. The summed E-state index contributed by atoms with van der Waals surface area (Å²) >= 11 is 0. The first-order valence-electron chi connectivity index (χ1n) is 5.16. The van der Waals surface area contributed by atoms with Crippen LogP contribution in [0.15, 0.2) is 18.3 Å². The third kappa shape index (κ3) is 2.03. The van der Waals surface area contributed by atoms with Crippen LogP contribution in [-0.4, -0.2) is 22.5 Å². The van der Waals surface area contributed by atoms with E-state index in [1.807, 2.05) is 0 Å². The number of rotatable bonds is 2. The van der Waals surface area contributed by atoms with E-state index >= 15 is 0 Å². The number of alkyl halides is 3. The molecule has 18 heavy (non-hydrogen) atoms. The van der Waals surface area contributed by atoms with Crippen LogP contribution >= 0.6 is 0 Å². The van der Waals surface area contributed by atoms with Gasteiger partial charge in [-0.3, -0.25) is 4.98 Å². The van der Waals surface area contributed by atoms with E-state index in [2.05, 4.69) is 14.7 Å². The van der Waals surface area contributed by atoms with Crippen molar-refractivity contribution in [2.24, 2.45) is 0 Å². The summed E-state index contributed by atoms with van der Waals surface area (Å²) in [7, 11) is 0. The van der Waals surface area contributed by atoms with Crippen LogP contribution in [0.1, 0.15) is 23.0 Å². The van der Waals surface area contributed by atoms with Gasteiger partial charge < -0.3 is 9.72 Å². The number of ether oxygens (including phenoxy) is 1. The number of nitrogens with one attached hydrogen (secondary N) is 1. The first kappa shape index (κ1) is 12.4. The van der Waals surface area contributed by atoms with Crippen LogP contribution in [0, 0.1) is 0 Å². The highest BCUT2D eigenvalue weighted by molar-refractivity contribution is 5.97. The van der Waals surface area contributed by atoms with Gasteiger partial charge in [0.2, 0.25) is 0 Å². The lowest BCUT2D eigenvalue weighted by Crippen LogP contribution is -2.14. The van der Waals surface area contributed by atoms with E-state index < -0.39 is 23.4 Å². The Hall–Kier alpha value is -2.05. The molecule has 2 aromatic heterocycles. The molecule has 0 aliphatic heterocycles. The van der Waals surface area contributed by atoms with Crippen molar-refractivity contribution in [3.63, 3.8) is 0 Å². The monoisotopic (exact) mass is 258 g/mol. The molecule has 4 nitrogen and oxygen atoms in total. The molecular weight excluding hydrogens is 249 g/mol. The average molecular weight is 258 g/mol. The Balaban J connectivity index is 2.68. The second-order valence-electron chi connectivity index (χ2n) is 3.49. The summed E-state index contributed by atoms with van der Waals surface area (Å²) in [5.41, 5.74) is -1.84. The number of carbonyl (C=O) groups is 1. The zero-order valence-corrected chi connectivity index (χ0v) is 9.34. The zero-order valence-electron chi connectivity index (χ0n) is 9.34. The lowest BCUT2D eigenvalue weighted by atomic mass is 10.2. The van der Waals surface area contributed by atoms with E-state index in [0.717, 1.165) is 0 Å². The molecule has 0 unspecified atom stereocenters. The van der Waals surface area contributed by atoms with Gasteiger partial charge in [0, 0.05) is 6.20 Å². The largest absolute Gasteiger partial charge is 0.461 e. The van der Waals surface area contributed by atoms with Crippen LogP contribution in [-0.2, 0) is 10.9 Å². The van der Waals surface area contributed by atoms with Gasteiger partial charge in [0.1, 0.15) is 16.8 Å². The van der Waals surface area contributed by atoms with Gasteiger partial charge in [0.05, 0.1) is 12.1 Å². The number of fused-ring (bicyclic) bond motifs is 1. The molecule has 0 fully saturated rings. The maximum atomic E-state index is 12.9. The number of hydrogen-bond donors (Lipinski definition) is 1. The fourth-order valence-corrected chi connectivity index (χ4v) is 1.65. The number of halogens is 3. The van der Waals surface area contributed by atoms with Gasteiger partial charge in [0.25, 0.3) is 0 Å². The lowest BCUT2D eigenvalue weighted by molar-refractivity contribution is -0.137. The molecule has 0 spiro atoms. The Kier molecular flexibility index (Phi) is 2.98. The second-order valence-corrected chi connectivity index (χ2v) is 3.49. The maximum Gasteiger partial charge on any atom is 0.420 e. The molecule has 0 saturated carbocycles. The summed E-state index contributed by atoms with van der Waals surface area (Å²) in [4.78, 5) is 17.6. The molecule has 0 radical (unpaired) electrons. The molecule has 0 aliphatic carbocycles. The highest BCUT2D eigenvalue weighted by atomic mass is 19.4. The number of carbonyl (C=O) groups excluding carboxylic acids is 1. The van der Waals surface area contributed by atoms with E-state index in [1.165, 1.54) is 25.3 Å². The van der Waals surface area contributed by atoms with Crippen molar-refractivity contribution < 1.29 is 22.7 Å². The fraction of sp³-hybridized carbons (Fsp3) is 0.273. The van der Waals surface area contributed by atoms with Gasteiger partial charge in [-0.1, -0.05) is 0 Å². The molecule has 0 bridgehead atoms. The van der Waals surface area contributed by atoms with Crippen molar-refractivity contribution in [2.45, 2.75) is 13.1 Å². The molecule has 0 amide bonds. The minimum atomic E-state index is -4.67. The van der Waals surface area contributed by atoms with Gasteiger partial charge >= 0.3 is 12.1 Å². The third-order valence-corrected chi connectivity index (χ3v) is 2.32. The van der Waals surface area contributed by atoms with Crippen LogP contribution in [0.5, 0.6) is 0 Å². The van der Waals surface area contributed by atoms with Crippen molar-refractivity contribution in [1.82, 2.24) is 9.97 Å². The standard InChI is InChI=1S/C11H9F3N2O2/c1-2-18-10(17)9-7(11(12,13)14)8-6(16-9)4-3-5-15-8/h3-5,16H,2H2,1H3. The molecular formula is C11H9F3N2O2. The van der Waals surface area contributed by atoms with Gasteiger partial charge in [-0.2, -0.15) is 13.2 Å². The number of aromatic amines is 1. The predicted octanol–water partition coefficient (Wildman–Crippen LogP) is 2.76. The number of esters is 1. The van der Waals surface area contributed by atoms with Crippen LogP contribution in [0.4, 0.5) is 13.2 Å². The molecule has 0 atom stereocenters. The summed E-state index contributed by atoms with van der Waals surface area (Å²) in [6, 6.07) is 2.90. The average Bonchev–Trinajstić information content (AvgIpc) is 2.68. The van der Waals surface area contributed by atoms with Crippen molar-refractivity contribution in [1.29, 1.82) is 0 Å². The molecule has 1 N–H and O–H groups in total. The minimum absolute atomic E-state index is 0.00107. The van der Waals surface area contributed by atoms with Gasteiger partial charge in [-0.15, -0.1) is 0 Å². The van der Waals surface area contributed by atoms with Crippen molar-refractivity contribution in [2.75, 3.05) is 6.61 Å². The first-order valence-corrected chi connectivity index (χ1v) is 5.16. The highest BCUT2D eigenvalue weighted by Crippen LogP contribution is 2.36. The van der Waals surface area contributed by atoms with Crippen LogP contribution < -0.4 is 0 Å². The minimum Gasteiger partial charge on any atom is -0.461 e. The van der Waals surface area contributed by atoms with Gasteiger partial charge in [0.15, 0.2) is 0 Å². The lowest BCUT2D eigenvalue weighted by Gasteiger charge is -2.07. The Morgan fingerprint density at radius 1 is 1.50 bits per heavy atom. The number of H-pyrrole nitrogens is 1.